The van der Waals surface area contributed by atoms with Crippen LogP contribution in [0, 0.1) is 12.8 Å². The number of amides is 1. The minimum absolute atomic E-state index is 0.00958. The van der Waals surface area contributed by atoms with Crippen molar-refractivity contribution in [2.45, 2.75) is 38.9 Å². The number of carbonyl (C=O) groups is 1. The molecule has 0 radical (unpaired) electrons. The highest BCUT2D eigenvalue weighted by molar-refractivity contribution is 7.99. The number of hydrogen-bond acceptors (Lipinski definition) is 5. The number of rotatable bonds is 6. The summed E-state index contributed by atoms with van der Waals surface area (Å²) in [5, 5.41) is 15.2. The van der Waals surface area contributed by atoms with Crippen LogP contribution in [-0.2, 0) is 4.79 Å². The lowest BCUT2D eigenvalue weighted by atomic mass is 10.1. The molecule has 0 fully saturated rings. The summed E-state index contributed by atoms with van der Waals surface area (Å²) in [7, 11) is 0. The molecule has 0 bridgehead atoms. The second-order valence-corrected chi connectivity index (χ2v) is 6.54. The Balaban J connectivity index is 1.99. The van der Waals surface area contributed by atoms with E-state index in [9.17, 15) is 4.79 Å². The Bertz CT molecular complexity index is 623. The highest BCUT2D eigenvalue weighted by atomic mass is 32.2. The van der Waals surface area contributed by atoms with E-state index in [1.54, 1.807) is 4.68 Å². The number of aromatic nitrogens is 4. The van der Waals surface area contributed by atoms with Crippen molar-refractivity contribution in [2.24, 2.45) is 5.92 Å². The van der Waals surface area contributed by atoms with Crippen LogP contribution in [0.15, 0.2) is 29.4 Å². The lowest BCUT2D eigenvalue weighted by Gasteiger charge is -2.17. The van der Waals surface area contributed by atoms with Crippen molar-refractivity contribution >= 4 is 17.7 Å². The van der Waals surface area contributed by atoms with E-state index in [1.807, 2.05) is 38.1 Å². The molecule has 7 heteroatoms. The van der Waals surface area contributed by atoms with E-state index in [0.717, 1.165) is 5.69 Å². The molecule has 0 saturated carbocycles. The quantitative estimate of drug-likeness (QED) is 0.827. The molecule has 6 nitrogen and oxygen atoms in total. The van der Waals surface area contributed by atoms with E-state index in [-0.39, 0.29) is 11.9 Å². The summed E-state index contributed by atoms with van der Waals surface area (Å²) >= 11 is 1.33. The number of tetrazole rings is 1. The van der Waals surface area contributed by atoms with Gasteiger partial charge in [-0.05, 0) is 42.3 Å². The van der Waals surface area contributed by atoms with E-state index in [1.165, 1.54) is 17.3 Å². The Hall–Kier alpha value is -1.89. The number of hydrogen-bond donors (Lipinski definition) is 1. The van der Waals surface area contributed by atoms with Crippen LogP contribution < -0.4 is 5.32 Å². The Morgan fingerprint density at radius 3 is 2.59 bits per heavy atom. The van der Waals surface area contributed by atoms with Gasteiger partial charge in [-0.3, -0.25) is 4.79 Å². The summed E-state index contributed by atoms with van der Waals surface area (Å²) in [6, 6.07) is 8.07. The van der Waals surface area contributed by atoms with Crippen LogP contribution in [0.25, 0.3) is 5.69 Å². The first kappa shape index (κ1) is 16.5. The largest absolute Gasteiger partial charge is 0.353 e. The van der Waals surface area contributed by atoms with Crippen LogP contribution in [0.1, 0.15) is 26.3 Å². The Morgan fingerprint density at radius 2 is 1.95 bits per heavy atom. The second-order valence-electron chi connectivity index (χ2n) is 5.60. The average Bonchev–Trinajstić information content (AvgIpc) is 2.94. The van der Waals surface area contributed by atoms with Gasteiger partial charge in [-0.2, -0.15) is 4.68 Å². The van der Waals surface area contributed by atoms with E-state index in [0.29, 0.717) is 16.8 Å². The maximum atomic E-state index is 11.9. The number of nitrogens with one attached hydrogen (secondary N) is 1. The van der Waals surface area contributed by atoms with Gasteiger partial charge in [0.25, 0.3) is 0 Å². The fourth-order valence-corrected chi connectivity index (χ4v) is 2.41. The number of thioether (sulfide) groups is 1. The normalized spacial score (nSPS) is 12.4. The molecule has 1 atom stereocenters. The Labute approximate surface area is 134 Å². The summed E-state index contributed by atoms with van der Waals surface area (Å²) in [5.74, 6) is 0.694. The predicted molar refractivity (Wildman–Crippen MR) is 87.1 cm³/mol. The minimum Gasteiger partial charge on any atom is -0.353 e. The van der Waals surface area contributed by atoms with Gasteiger partial charge in [0.15, 0.2) is 0 Å². The molecule has 1 heterocycles. The van der Waals surface area contributed by atoms with Gasteiger partial charge in [0.2, 0.25) is 11.1 Å². The molecule has 1 amide bonds. The predicted octanol–water partition coefficient (Wildman–Crippen LogP) is 2.22. The first-order valence-corrected chi connectivity index (χ1v) is 8.23. The smallest absolute Gasteiger partial charge is 0.230 e. The Kier molecular flexibility index (Phi) is 5.54. The zero-order valence-electron chi connectivity index (χ0n) is 13.3. The van der Waals surface area contributed by atoms with Gasteiger partial charge >= 0.3 is 0 Å². The average molecular weight is 319 g/mol. The number of aryl methyl sites for hydroxylation is 1. The third-order valence-corrected chi connectivity index (χ3v) is 4.36. The highest BCUT2D eigenvalue weighted by Crippen LogP contribution is 2.18. The highest BCUT2D eigenvalue weighted by Gasteiger charge is 2.14. The van der Waals surface area contributed by atoms with Crippen molar-refractivity contribution in [1.82, 2.24) is 25.5 Å². The SMILES string of the molecule is Cc1ccc(-n2nnnc2SCC(=O)N[C@H](C)C(C)C)cc1. The molecule has 0 aliphatic heterocycles. The van der Waals surface area contributed by atoms with Crippen LogP contribution in [0.4, 0.5) is 0 Å². The molecule has 2 rings (SSSR count). The topological polar surface area (TPSA) is 72.7 Å². The maximum Gasteiger partial charge on any atom is 0.230 e. The van der Waals surface area contributed by atoms with Crippen molar-refractivity contribution < 1.29 is 4.79 Å². The fourth-order valence-electron chi connectivity index (χ4n) is 1.71. The van der Waals surface area contributed by atoms with Crippen molar-refractivity contribution in [3.05, 3.63) is 29.8 Å². The first-order valence-electron chi connectivity index (χ1n) is 7.25. The van der Waals surface area contributed by atoms with Gasteiger partial charge in [0.1, 0.15) is 0 Å². The van der Waals surface area contributed by atoms with Crippen LogP contribution in [0.5, 0.6) is 0 Å². The van der Waals surface area contributed by atoms with Crippen LogP contribution in [-0.4, -0.2) is 37.9 Å². The van der Waals surface area contributed by atoms with Crippen molar-refractivity contribution in [1.29, 1.82) is 0 Å². The van der Waals surface area contributed by atoms with Gasteiger partial charge in [0.05, 0.1) is 11.4 Å². The van der Waals surface area contributed by atoms with Crippen LogP contribution in [0.3, 0.4) is 0 Å². The summed E-state index contributed by atoms with van der Waals surface area (Å²) in [4.78, 5) is 11.9. The molecule has 22 heavy (non-hydrogen) atoms. The fraction of sp³-hybridized carbons (Fsp3) is 0.467. The molecular weight excluding hydrogens is 298 g/mol. The molecule has 0 spiro atoms. The zero-order valence-corrected chi connectivity index (χ0v) is 14.1. The molecule has 1 N–H and O–H groups in total. The van der Waals surface area contributed by atoms with Gasteiger partial charge in [-0.1, -0.05) is 43.3 Å². The summed E-state index contributed by atoms with van der Waals surface area (Å²) in [5.41, 5.74) is 2.06. The van der Waals surface area contributed by atoms with E-state index in [4.69, 9.17) is 0 Å². The number of carbonyl (C=O) groups excluding carboxylic acids is 1. The summed E-state index contributed by atoms with van der Waals surface area (Å²) in [6.07, 6.45) is 0. The van der Waals surface area contributed by atoms with Crippen molar-refractivity contribution in [3.63, 3.8) is 0 Å². The molecule has 0 saturated heterocycles. The molecule has 1 aromatic carbocycles. The number of benzene rings is 1. The van der Waals surface area contributed by atoms with Crippen LogP contribution in [0.2, 0.25) is 0 Å². The lowest BCUT2D eigenvalue weighted by molar-refractivity contribution is -0.119. The zero-order chi connectivity index (χ0) is 16.1. The molecule has 1 aromatic heterocycles. The lowest BCUT2D eigenvalue weighted by Crippen LogP contribution is -2.37. The molecule has 0 aliphatic rings. The monoisotopic (exact) mass is 319 g/mol. The third-order valence-electron chi connectivity index (χ3n) is 3.44. The van der Waals surface area contributed by atoms with Gasteiger partial charge < -0.3 is 5.32 Å². The molecule has 2 aromatic rings. The molecule has 0 aliphatic carbocycles. The Morgan fingerprint density at radius 1 is 1.27 bits per heavy atom. The molecule has 118 valence electrons. The van der Waals surface area contributed by atoms with Crippen molar-refractivity contribution in [2.75, 3.05) is 5.75 Å². The van der Waals surface area contributed by atoms with E-state index in [2.05, 4.69) is 34.7 Å². The summed E-state index contributed by atoms with van der Waals surface area (Å²) in [6.45, 7) is 8.19. The summed E-state index contributed by atoms with van der Waals surface area (Å²) < 4.78 is 1.64. The molecule has 0 unspecified atom stereocenters. The van der Waals surface area contributed by atoms with Gasteiger partial charge in [-0.25, -0.2) is 0 Å². The maximum absolute atomic E-state index is 11.9. The second kappa shape index (κ2) is 7.40. The van der Waals surface area contributed by atoms with E-state index < -0.39 is 0 Å². The first-order chi connectivity index (χ1) is 10.5. The minimum atomic E-state index is -0.00958. The van der Waals surface area contributed by atoms with Crippen LogP contribution >= 0.6 is 11.8 Å². The van der Waals surface area contributed by atoms with Gasteiger partial charge in [-0.15, -0.1) is 5.10 Å². The standard InChI is InChI=1S/C15H21N5OS/c1-10(2)12(4)16-14(21)9-22-15-17-18-19-20(15)13-7-5-11(3)6-8-13/h5-8,10,12H,9H2,1-4H3,(H,16,21)/t12-/m1/s1. The van der Waals surface area contributed by atoms with E-state index >= 15 is 0 Å². The third kappa shape index (κ3) is 4.30. The molecular formula is C15H21N5OS. The number of nitrogens with zero attached hydrogens (tertiary/aromatic N) is 4. The van der Waals surface area contributed by atoms with Crippen molar-refractivity contribution in [3.8, 4) is 5.69 Å². The van der Waals surface area contributed by atoms with Gasteiger partial charge in [0, 0.05) is 6.04 Å².